The summed E-state index contributed by atoms with van der Waals surface area (Å²) in [5.41, 5.74) is 1.97. The number of nitrogens with one attached hydrogen (secondary N) is 1. The zero-order valence-corrected chi connectivity index (χ0v) is 17.0. The summed E-state index contributed by atoms with van der Waals surface area (Å²) in [7, 11) is -3.60. The molecule has 4 rings (SSSR count). The fourth-order valence-electron chi connectivity index (χ4n) is 2.94. The summed E-state index contributed by atoms with van der Waals surface area (Å²) in [5.74, 6) is 0.817. The monoisotopic (exact) mass is 416 g/mol. The van der Waals surface area contributed by atoms with Crippen LogP contribution in [0.1, 0.15) is 4.88 Å². The fraction of sp³-hybridized carbons (Fsp3) is 0.263. The third kappa shape index (κ3) is 4.16. The van der Waals surface area contributed by atoms with E-state index >= 15 is 0 Å². The predicted octanol–water partition coefficient (Wildman–Crippen LogP) is 3.15. The van der Waals surface area contributed by atoms with Crippen molar-refractivity contribution in [3.05, 3.63) is 53.4 Å². The Morgan fingerprint density at radius 3 is 2.57 bits per heavy atom. The molecule has 3 heterocycles. The molecule has 1 aliphatic rings. The summed E-state index contributed by atoms with van der Waals surface area (Å²) < 4.78 is 33.4. The summed E-state index contributed by atoms with van der Waals surface area (Å²) in [6.07, 6.45) is 0. The zero-order valence-electron chi connectivity index (χ0n) is 15.3. The van der Waals surface area contributed by atoms with E-state index in [1.807, 2.05) is 25.1 Å². The molecule has 1 aromatic carbocycles. The smallest absolute Gasteiger partial charge is 0.271 e. The number of benzene rings is 1. The van der Waals surface area contributed by atoms with Gasteiger partial charge in [-0.1, -0.05) is 12.1 Å². The summed E-state index contributed by atoms with van der Waals surface area (Å²) in [6.45, 7) is 4.86. The van der Waals surface area contributed by atoms with Gasteiger partial charge in [0.1, 0.15) is 4.21 Å². The van der Waals surface area contributed by atoms with Crippen LogP contribution in [0, 0.1) is 6.92 Å². The third-order valence-electron chi connectivity index (χ3n) is 4.38. The molecule has 0 spiro atoms. The molecule has 1 saturated heterocycles. The Labute approximate surface area is 168 Å². The molecular formula is C19H20N4O3S2. The summed E-state index contributed by atoms with van der Waals surface area (Å²) in [6, 6.07) is 14.4. The second-order valence-corrected chi connectivity index (χ2v) is 9.62. The van der Waals surface area contributed by atoms with Crippen LogP contribution in [-0.4, -0.2) is 44.9 Å². The lowest BCUT2D eigenvalue weighted by Crippen LogP contribution is -2.36. The molecule has 2 aromatic heterocycles. The van der Waals surface area contributed by atoms with Gasteiger partial charge in [0.25, 0.3) is 10.0 Å². The highest BCUT2D eigenvalue weighted by molar-refractivity contribution is 7.94. The van der Waals surface area contributed by atoms with Crippen LogP contribution in [0.4, 0.5) is 11.5 Å². The Morgan fingerprint density at radius 1 is 1.07 bits per heavy atom. The number of aryl methyl sites for hydroxylation is 1. The van der Waals surface area contributed by atoms with E-state index in [4.69, 9.17) is 4.74 Å². The van der Waals surface area contributed by atoms with Gasteiger partial charge in [-0.25, -0.2) is 8.42 Å². The van der Waals surface area contributed by atoms with Crippen molar-refractivity contribution in [2.45, 2.75) is 11.1 Å². The number of hydrogen-bond donors (Lipinski definition) is 1. The number of aromatic nitrogens is 2. The number of anilines is 2. The minimum absolute atomic E-state index is 0.296. The highest BCUT2D eigenvalue weighted by Gasteiger charge is 2.17. The molecule has 0 saturated carbocycles. The molecule has 9 heteroatoms. The van der Waals surface area contributed by atoms with Crippen molar-refractivity contribution in [1.82, 2.24) is 10.2 Å². The summed E-state index contributed by atoms with van der Waals surface area (Å²) in [4.78, 5) is 3.08. The van der Waals surface area contributed by atoms with E-state index in [0.717, 1.165) is 29.3 Å². The number of morpholine rings is 1. The van der Waals surface area contributed by atoms with Crippen molar-refractivity contribution >= 4 is 32.9 Å². The van der Waals surface area contributed by atoms with Crippen LogP contribution >= 0.6 is 11.3 Å². The lowest BCUT2D eigenvalue weighted by molar-refractivity contribution is 0.122. The largest absolute Gasteiger partial charge is 0.378 e. The maximum absolute atomic E-state index is 12.5. The molecule has 0 radical (unpaired) electrons. The van der Waals surface area contributed by atoms with Crippen molar-refractivity contribution < 1.29 is 13.2 Å². The Hall–Kier alpha value is -2.49. The van der Waals surface area contributed by atoms with Gasteiger partial charge in [-0.2, -0.15) is 0 Å². The van der Waals surface area contributed by atoms with Gasteiger partial charge < -0.3 is 9.64 Å². The zero-order chi connectivity index (χ0) is 19.6. The minimum atomic E-state index is -3.60. The van der Waals surface area contributed by atoms with Gasteiger partial charge in [0, 0.05) is 29.2 Å². The first kappa shape index (κ1) is 18.9. The Morgan fingerprint density at radius 2 is 1.89 bits per heavy atom. The van der Waals surface area contributed by atoms with Crippen LogP contribution in [-0.2, 0) is 14.8 Å². The van der Waals surface area contributed by atoms with Crippen molar-refractivity contribution in [3.8, 4) is 11.3 Å². The second kappa shape index (κ2) is 7.86. The van der Waals surface area contributed by atoms with Gasteiger partial charge in [0.15, 0.2) is 5.82 Å². The topological polar surface area (TPSA) is 84.4 Å². The van der Waals surface area contributed by atoms with Crippen molar-refractivity contribution in [2.24, 2.45) is 0 Å². The quantitative estimate of drug-likeness (QED) is 0.688. The minimum Gasteiger partial charge on any atom is -0.378 e. The Kier molecular flexibility index (Phi) is 5.29. The van der Waals surface area contributed by atoms with Crippen molar-refractivity contribution in [3.63, 3.8) is 0 Å². The number of ether oxygens (including phenoxy) is 1. The number of nitrogens with zero attached hydrogens (tertiary/aromatic N) is 3. The van der Waals surface area contributed by atoms with Crippen LogP contribution in [0.2, 0.25) is 0 Å². The average Bonchev–Trinajstić information content (AvgIpc) is 3.16. The van der Waals surface area contributed by atoms with E-state index in [9.17, 15) is 8.42 Å². The molecule has 0 amide bonds. The number of thiophene rings is 1. The average molecular weight is 417 g/mol. The summed E-state index contributed by atoms with van der Waals surface area (Å²) in [5, 5.41) is 8.63. The normalized spacial score (nSPS) is 14.8. The van der Waals surface area contributed by atoms with Crippen molar-refractivity contribution in [2.75, 3.05) is 35.9 Å². The molecular weight excluding hydrogens is 396 g/mol. The standard InChI is InChI=1S/C19H20N4O3S2/c1-14-5-8-19(27-14)28(24,25)22-16-4-2-3-15(13-16)17-6-7-18(21-20-17)23-9-11-26-12-10-23/h2-8,13,22H,9-12H2,1H3. The molecule has 146 valence electrons. The molecule has 0 aliphatic carbocycles. The highest BCUT2D eigenvalue weighted by Crippen LogP contribution is 2.26. The van der Waals surface area contributed by atoms with Gasteiger partial charge in [-0.3, -0.25) is 4.72 Å². The lowest BCUT2D eigenvalue weighted by Gasteiger charge is -2.27. The van der Waals surface area contributed by atoms with E-state index in [1.54, 1.807) is 30.3 Å². The lowest BCUT2D eigenvalue weighted by atomic mass is 10.1. The molecule has 7 nitrogen and oxygen atoms in total. The first-order valence-corrected chi connectivity index (χ1v) is 11.2. The van der Waals surface area contributed by atoms with E-state index in [1.165, 1.54) is 11.3 Å². The molecule has 1 aliphatic heterocycles. The maximum Gasteiger partial charge on any atom is 0.271 e. The first-order valence-electron chi connectivity index (χ1n) is 8.87. The number of rotatable bonds is 5. The van der Waals surface area contributed by atoms with Crippen molar-refractivity contribution in [1.29, 1.82) is 0 Å². The van der Waals surface area contributed by atoms with Crippen LogP contribution in [0.5, 0.6) is 0 Å². The molecule has 28 heavy (non-hydrogen) atoms. The molecule has 0 unspecified atom stereocenters. The number of sulfonamides is 1. The first-order chi connectivity index (χ1) is 13.5. The van der Waals surface area contributed by atoms with E-state index in [2.05, 4.69) is 19.8 Å². The predicted molar refractivity (Wildman–Crippen MR) is 110 cm³/mol. The number of hydrogen-bond acceptors (Lipinski definition) is 7. The summed E-state index contributed by atoms with van der Waals surface area (Å²) >= 11 is 1.24. The Bertz CT molecular complexity index is 1060. The molecule has 0 bridgehead atoms. The molecule has 3 aromatic rings. The van der Waals surface area contributed by atoms with Gasteiger partial charge in [0.05, 0.1) is 18.9 Å². The molecule has 1 fully saturated rings. The van der Waals surface area contributed by atoms with Gasteiger partial charge in [-0.05, 0) is 43.3 Å². The molecule has 1 N–H and O–H groups in total. The Balaban J connectivity index is 1.53. The van der Waals surface area contributed by atoms with Crippen LogP contribution in [0.25, 0.3) is 11.3 Å². The van der Waals surface area contributed by atoms with Gasteiger partial charge in [0.2, 0.25) is 0 Å². The SMILES string of the molecule is Cc1ccc(S(=O)(=O)Nc2cccc(-c3ccc(N4CCOCC4)nn3)c2)s1. The highest BCUT2D eigenvalue weighted by atomic mass is 32.2. The van der Waals surface area contributed by atoms with Crippen LogP contribution in [0.15, 0.2) is 52.7 Å². The van der Waals surface area contributed by atoms with Crippen LogP contribution in [0.3, 0.4) is 0 Å². The second-order valence-electron chi connectivity index (χ2n) is 6.43. The van der Waals surface area contributed by atoms with Crippen LogP contribution < -0.4 is 9.62 Å². The third-order valence-corrected chi connectivity index (χ3v) is 7.25. The van der Waals surface area contributed by atoms with E-state index in [-0.39, 0.29) is 0 Å². The molecule has 0 atom stereocenters. The van der Waals surface area contributed by atoms with E-state index in [0.29, 0.717) is 28.8 Å². The van der Waals surface area contributed by atoms with Gasteiger partial charge in [-0.15, -0.1) is 21.5 Å². The van der Waals surface area contributed by atoms with Gasteiger partial charge >= 0.3 is 0 Å². The fourth-order valence-corrected chi connectivity index (χ4v) is 5.28. The van der Waals surface area contributed by atoms with E-state index < -0.39 is 10.0 Å². The maximum atomic E-state index is 12.5.